The summed E-state index contributed by atoms with van der Waals surface area (Å²) >= 11 is 17.5. The Labute approximate surface area is 150 Å². The Bertz CT molecular complexity index is 697. The zero-order chi connectivity index (χ0) is 15.9. The molecule has 1 aromatic heterocycles. The number of halogens is 4. The van der Waals surface area contributed by atoms with Crippen molar-refractivity contribution in [2.75, 3.05) is 0 Å². The Morgan fingerprint density at radius 1 is 0.864 bits per heavy atom. The second-order valence-electron chi connectivity index (χ2n) is 5.69. The third-order valence-corrected chi connectivity index (χ3v) is 4.34. The minimum atomic E-state index is -0.648. The van der Waals surface area contributed by atoms with Crippen LogP contribution in [0.3, 0.4) is 0 Å². The third kappa shape index (κ3) is 3.38. The minimum absolute atomic E-state index is 0. The van der Waals surface area contributed by atoms with Crippen molar-refractivity contribution in [3.05, 3.63) is 45.2 Å². The molecule has 0 bridgehead atoms. The van der Waals surface area contributed by atoms with E-state index in [4.69, 9.17) is 34.8 Å². The molecule has 0 saturated heterocycles. The lowest BCUT2D eigenvalue weighted by atomic mass is 9.88. The highest BCUT2D eigenvalue weighted by atomic mass is 35.5. The van der Waals surface area contributed by atoms with Gasteiger partial charge < -0.3 is 12.4 Å². The van der Waals surface area contributed by atoms with Gasteiger partial charge in [0.2, 0.25) is 5.78 Å². The molecule has 0 atom stereocenters. The van der Waals surface area contributed by atoms with Crippen LogP contribution in [0, 0.1) is 0 Å². The number of carbonyl (C=O) groups is 2. The molecular weight excluding hydrogens is 368 g/mol. The van der Waals surface area contributed by atoms with Gasteiger partial charge in [0, 0.05) is 12.1 Å². The molecule has 1 aliphatic carbocycles. The largest absolute Gasteiger partial charge is 1.00 e. The normalized spacial score (nSPS) is 16.1. The summed E-state index contributed by atoms with van der Waals surface area (Å²) in [6, 6.07) is 3.73. The standard InChI is InChI=1S/C15H13Cl3NO2.ClH/c1-15(2,3)8-4-6-19(7-5-8)12-11(18)13(20)9(16)10(17)14(12)21;/h4-7H,1-3H3;1H/q+1;/p-1. The molecule has 7 heteroatoms. The van der Waals surface area contributed by atoms with Gasteiger partial charge in [-0.25, -0.2) is 0 Å². The number of hydrogen-bond acceptors (Lipinski definition) is 2. The van der Waals surface area contributed by atoms with E-state index in [1.807, 2.05) is 12.1 Å². The van der Waals surface area contributed by atoms with Gasteiger partial charge in [-0.05, 0) is 11.0 Å². The summed E-state index contributed by atoms with van der Waals surface area (Å²) in [4.78, 5) is 24.0. The fourth-order valence-electron chi connectivity index (χ4n) is 1.91. The summed E-state index contributed by atoms with van der Waals surface area (Å²) in [5.74, 6) is -1.22. The van der Waals surface area contributed by atoms with Gasteiger partial charge >= 0.3 is 0 Å². The molecule has 0 spiro atoms. The van der Waals surface area contributed by atoms with Crippen LogP contribution in [-0.2, 0) is 15.0 Å². The molecule has 2 rings (SSSR count). The van der Waals surface area contributed by atoms with Crippen molar-refractivity contribution in [2.45, 2.75) is 26.2 Å². The van der Waals surface area contributed by atoms with Crippen LogP contribution in [0.5, 0.6) is 0 Å². The van der Waals surface area contributed by atoms with E-state index in [1.54, 1.807) is 12.4 Å². The number of allylic oxidation sites excluding steroid dienone is 4. The molecule has 3 nitrogen and oxygen atoms in total. The van der Waals surface area contributed by atoms with E-state index in [1.165, 1.54) is 4.57 Å². The van der Waals surface area contributed by atoms with Gasteiger partial charge in [-0.2, -0.15) is 4.57 Å². The van der Waals surface area contributed by atoms with Gasteiger partial charge in [0.1, 0.15) is 10.1 Å². The Hall–Kier alpha value is -0.870. The predicted octanol–water partition coefficient (Wildman–Crippen LogP) is 0.524. The van der Waals surface area contributed by atoms with Crippen molar-refractivity contribution in [3.63, 3.8) is 0 Å². The van der Waals surface area contributed by atoms with Crippen LogP contribution in [0.4, 0.5) is 0 Å². The van der Waals surface area contributed by atoms with E-state index in [0.717, 1.165) is 5.56 Å². The molecule has 0 amide bonds. The van der Waals surface area contributed by atoms with Crippen LogP contribution in [0.1, 0.15) is 26.3 Å². The van der Waals surface area contributed by atoms with E-state index in [0.29, 0.717) is 0 Å². The monoisotopic (exact) mass is 379 g/mol. The first-order valence-corrected chi connectivity index (χ1v) is 7.34. The SMILES string of the molecule is CC(C)(C)c1cc[n+](C2=C(Cl)C(=O)C(Cl)=C(Cl)C2=O)cc1.[Cl-]. The van der Waals surface area contributed by atoms with Crippen molar-refractivity contribution in [1.29, 1.82) is 0 Å². The van der Waals surface area contributed by atoms with Gasteiger partial charge in [0.15, 0.2) is 17.4 Å². The van der Waals surface area contributed by atoms with Crippen molar-refractivity contribution in [3.8, 4) is 0 Å². The number of aromatic nitrogens is 1. The fourth-order valence-corrected chi connectivity index (χ4v) is 2.59. The zero-order valence-corrected chi connectivity index (χ0v) is 15.1. The van der Waals surface area contributed by atoms with Crippen LogP contribution in [0.2, 0.25) is 0 Å². The lowest BCUT2D eigenvalue weighted by molar-refractivity contribution is -0.577. The molecule has 0 N–H and O–H groups in total. The van der Waals surface area contributed by atoms with E-state index in [-0.39, 0.29) is 38.6 Å². The van der Waals surface area contributed by atoms with E-state index in [2.05, 4.69) is 20.8 Å². The van der Waals surface area contributed by atoms with Crippen LogP contribution in [0.25, 0.3) is 5.70 Å². The van der Waals surface area contributed by atoms with Crippen molar-refractivity contribution < 1.29 is 26.6 Å². The molecule has 0 aromatic carbocycles. The maximum Gasteiger partial charge on any atom is 0.282 e. The molecule has 118 valence electrons. The first kappa shape index (κ1) is 19.2. The van der Waals surface area contributed by atoms with Crippen LogP contribution < -0.4 is 17.0 Å². The molecule has 0 aliphatic heterocycles. The Kier molecular flexibility index (Phi) is 5.85. The molecule has 0 unspecified atom stereocenters. The van der Waals surface area contributed by atoms with Gasteiger partial charge in [-0.3, -0.25) is 9.59 Å². The molecule has 0 radical (unpaired) electrons. The third-order valence-electron chi connectivity index (χ3n) is 3.17. The Balaban J connectivity index is 0.00000242. The van der Waals surface area contributed by atoms with Crippen LogP contribution in [0.15, 0.2) is 39.6 Å². The Morgan fingerprint density at radius 3 is 1.77 bits per heavy atom. The number of Topliss-reactive ketones (excluding diaryl/α,β-unsaturated/α-hetero) is 2. The lowest BCUT2D eigenvalue weighted by Crippen LogP contribution is -3.00. The van der Waals surface area contributed by atoms with Crippen molar-refractivity contribution in [1.82, 2.24) is 0 Å². The van der Waals surface area contributed by atoms with Crippen LogP contribution >= 0.6 is 34.8 Å². The highest BCUT2D eigenvalue weighted by molar-refractivity contribution is 6.67. The number of ketones is 2. The first-order valence-electron chi connectivity index (χ1n) is 6.21. The van der Waals surface area contributed by atoms with Crippen molar-refractivity contribution >= 4 is 52.1 Å². The summed E-state index contributed by atoms with van der Waals surface area (Å²) < 4.78 is 1.48. The highest BCUT2D eigenvalue weighted by Gasteiger charge is 2.38. The summed E-state index contributed by atoms with van der Waals surface area (Å²) in [5, 5.41) is -0.890. The van der Waals surface area contributed by atoms with Gasteiger partial charge in [0.25, 0.3) is 11.5 Å². The molecule has 1 aromatic rings. The van der Waals surface area contributed by atoms with Gasteiger partial charge in [0.05, 0.1) is 0 Å². The highest BCUT2D eigenvalue weighted by Crippen LogP contribution is 2.31. The zero-order valence-electron chi connectivity index (χ0n) is 12.1. The molecule has 0 fully saturated rings. The van der Waals surface area contributed by atoms with Crippen LogP contribution in [-0.4, -0.2) is 11.6 Å². The smallest absolute Gasteiger partial charge is 0.282 e. The first-order chi connectivity index (χ1) is 9.64. The fraction of sp³-hybridized carbons (Fsp3) is 0.267. The van der Waals surface area contributed by atoms with E-state index < -0.39 is 11.6 Å². The van der Waals surface area contributed by atoms with E-state index >= 15 is 0 Å². The minimum Gasteiger partial charge on any atom is -1.00 e. The van der Waals surface area contributed by atoms with Crippen molar-refractivity contribution in [2.24, 2.45) is 0 Å². The number of nitrogens with zero attached hydrogens (tertiary/aromatic N) is 1. The second kappa shape index (κ2) is 6.71. The summed E-state index contributed by atoms with van der Waals surface area (Å²) in [6.45, 7) is 6.23. The van der Waals surface area contributed by atoms with Gasteiger partial charge in [-0.1, -0.05) is 55.6 Å². The summed E-state index contributed by atoms with van der Waals surface area (Å²) in [7, 11) is 0. The predicted molar refractivity (Wildman–Crippen MR) is 83.2 cm³/mol. The maximum atomic E-state index is 12.2. The Morgan fingerprint density at radius 2 is 1.32 bits per heavy atom. The molecule has 1 aliphatic rings. The molecular formula is C15H13Cl4NO2. The number of carbonyl (C=O) groups excluding carboxylic acids is 2. The molecule has 22 heavy (non-hydrogen) atoms. The average molecular weight is 381 g/mol. The topological polar surface area (TPSA) is 38.0 Å². The summed E-state index contributed by atoms with van der Waals surface area (Å²) in [6.07, 6.45) is 3.35. The van der Waals surface area contributed by atoms with E-state index in [9.17, 15) is 9.59 Å². The molecule has 0 saturated carbocycles. The van der Waals surface area contributed by atoms with Gasteiger partial charge in [-0.15, -0.1) is 0 Å². The quantitative estimate of drug-likeness (QED) is 0.526. The molecule has 1 heterocycles. The number of pyridine rings is 1. The number of hydrogen-bond donors (Lipinski definition) is 0. The second-order valence-corrected chi connectivity index (χ2v) is 6.83. The summed E-state index contributed by atoms with van der Waals surface area (Å²) in [5.41, 5.74) is 1.08. The maximum absolute atomic E-state index is 12.2. The number of rotatable bonds is 1. The lowest BCUT2D eigenvalue weighted by Gasteiger charge is -2.18. The average Bonchev–Trinajstić information content (AvgIpc) is 2.43.